The number of rotatable bonds is 6. The summed E-state index contributed by atoms with van der Waals surface area (Å²) in [6.45, 7) is 2.84. The second kappa shape index (κ2) is 6.43. The summed E-state index contributed by atoms with van der Waals surface area (Å²) in [5.74, 6) is 0.460. The van der Waals surface area contributed by atoms with E-state index in [9.17, 15) is 9.50 Å². The zero-order valence-corrected chi connectivity index (χ0v) is 11.0. The molecule has 1 aromatic heterocycles. The van der Waals surface area contributed by atoms with E-state index in [0.717, 1.165) is 18.8 Å². The van der Waals surface area contributed by atoms with Crippen LogP contribution in [0.25, 0.3) is 0 Å². The lowest BCUT2D eigenvalue weighted by Gasteiger charge is -2.11. The van der Waals surface area contributed by atoms with E-state index >= 15 is 0 Å². The molecule has 0 fully saturated rings. The molecule has 1 aromatic carbocycles. The Morgan fingerprint density at radius 2 is 2.11 bits per heavy atom. The van der Waals surface area contributed by atoms with Gasteiger partial charge in [0, 0.05) is 19.4 Å². The summed E-state index contributed by atoms with van der Waals surface area (Å²) in [5.41, 5.74) is 0.525. The first-order valence-electron chi connectivity index (χ1n) is 6.49. The summed E-state index contributed by atoms with van der Waals surface area (Å²) in [6, 6.07) is 6.50. The Morgan fingerprint density at radius 3 is 2.84 bits per heavy atom. The van der Waals surface area contributed by atoms with Crippen molar-refractivity contribution in [1.29, 1.82) is 0 Å². The number of hydrogen-bond acceptors (Lipinski definition) is 3. The van der Waals surface area contributed by atoms with Gasteiger partial charge in [0.05, 0.1) is 6.10 Å². The van der Waals surface area contributed by atoms with Gasteiger partial charge in [0.25, 0.3) is 0 Å². The van der Waals surface area contributed by atoms with Gasteiger partial charge in [-0.15, -0.1) is 0 Å². The Hall–Kier alpha value is -1.75. The molecule has 0 amide bonds. The van der Waals surface area contributed by atoms with Crippen LogP contribution in [-0.2, 0) is 19.4 Å². The van der Waals surface area contributed by atoms with Crippen LogP contribution < -0.4 is 0 Å². The van der Waals surface area contributed by atoms with E-state index in [1.807, 2.05) is 0 Å². The lowest BCUT2D eigenvalue weighted by Crippen LogP contribution is -2.18. The largest absolute Gasteiger partial charge is 0.392 e. The molecule has 2 aromatic rings. The lowest BCUT2D eigenvalue weighted by atomic mass is 10.0. The fourth-order valence-corrected chi connectivity index (χ4v) is 2.05. The molecule has 4 nitrogen and oxygen atoms in total. The van der Waals surface area contributed by atoms with Crippen molar-refractivity contribution in [2.45, 2.75) is 38.8 Å². The summed E-state index contributed by atoms with van der Waals surface area (Å²) in [7, 11) is 0. The first kappa shape index (κ1) is 13.7. The minimum absolute atomic E-state index is 0.281. The average molecular weight is 263 g/mol. The molecule has 0 radical (unpaired) electrons. The van der Waals surface area contributed by atoms with E-state index in [1.54, 1.807) is 22.9 Å². The van der Waals surface area contributed by atoms with Crippen LogP contribution in [0.3, 0.4) is 0 Å². The summed E-state index contributed by atoms with van der Waals surface area (Å²) in [4.78, 5) is 4.14. The molecule has 2 rings (SSSR count). The van der Waals surface area contributed by atoms with E-state index in [0.29, 0.717) is 12.0 Å². The van der Waals surface area contributed by atoms with Crippen molar-refractivity contribution < 1.29 is 9.50 Å². The zero-order chi connectivity index (χ0) is 13.7. The number of aliphatic hydroxyl groups is 1. The second-order valence-corrected chi connectivity index (χ2v) is 4.55. The third-order valence-corrected chi connectivity index (χ3v) is 2.96. The van der Waals surface area contributed by atoms with Gasteiger partial charge in [-0.05, 0) is 18.1 Å². The molecule has 1 N–H and O–H groups in total. The monoisotopic (exact) mass is 263 g/mol. The molecule has 1 unspecified atom stereocenters. The smallest absolute Gasteiger partial charge is 0.138 e. The van der Waals surface area contributed by atoms with E-state index in [-0.39, 0.29) is 12.2 Å². The van der Waals surface area contributed by atoms with Gasteiger partial charge in [-0.2, -0.15) is 5.10 Å². The third kappa shape index (κ3) is 3.61. The van der Waals surface area contributed by atoms with Gasteiger partial charge in [0.1, 0.15) is 18.0 Å². The maximum atomic E-state index is 13.5. The van der Waals surface area contributed by atoms with E-state index in [4.69, 9.17) is 0 Å². The van der Waals surface area contributed by atoms with Crippen molar-refractivity contribution in [3.8, 4) is 0 Å². The lowest BCUT2D eigenvalue weighted by molar-refractivity contribution is 0.170. The number of nitrogens with zero attached hydrogens (tertiary/aromatic N) is 3. The topological polar surface area (TPSA) is 50.9 Å². The van der Waals surface area contributed by atoms with Crippen molar-refractivity contribution in [1.82, 2.24) is 14.8 Å². The third-order valence-electron chi connectivity index (χ3n) is 2.96. The molecule has 0 saturated heterocycles. The van der Waals surface area contributed by atoms with Gasteiger partial charge in [-0.3, -0.25) is 4.68 Å². The van der Waals surface area contributed by atoms with Gasteiger partial charge in [-0.1, -0.05) is 25.1 Å². The molecule has 0 bridgehead atoms. The van der Waals surface area contributed by atoms with Gasteiger partial charge in [-0.25, -0.2) is 9.37 Å². The maximum Gasteiger partial charge on any atom is 0.138 e. The molecule has 0 saturated carbocycles. The van der Waals surface area contributed by atoms with Crippen LogP contribution in [0.5, 0.6) is 0 Å². The molecular formula is C14H18FN3O. The van der Waals surface area contributed by atoms with Crippen LogP contribution in [0.4, 0.5) is 4.39 Å². The van der Waals surface area contributed by atoms with Gasteiger partial charge in [0.2, 0.25) is 0 Å². The highest BCUT2D eigenvalue weighted by molar-refractivity contribution is 5.18. The Labute approximate surface area is 111 Å². The van der Waals surface area contributed by atoms with Gasteiger partial charge >= 0.3 is 0 Å². The molecule has 0 aliphatic carbocycles. The van der Waals surface area contributed by atoms with Crippen LogP contribution >= 0.6 is 0 Å². The van der Waals surface area contributed by atoms with Gasteiger partial charge in [0.15, 0.2) is 0 Å². The van der Waals surface area contributed by atoms with Crippen molar-refractivity contribution >= 4 is 0 Å². The highest BCUT2D eigenvalue weighted by atomic mass is 19.1. The molecule has 1 atom stereocenters. The molecule has 1 heterocycles. The molecular weight excluding hydrogens is 245 g/mol. The van der Waals surface area contributed by atoms with Crippen LogP contribution in [-0.4, -0.2) is 26.0 Å². The molecule has 0 aliphatic rings. The average Bonchev–Trinajstić information content (AvgIpc) is 2.80. The first-order chi connectivity index (χ1) is 9.20. The van der Waals surface area contributed by atoms with E-state index in [2.05, 4.69) is 17.0 Å². The number of aliphatic hydroxyl groups excluding tert-OH is 1. The number of halogens is 1. The van der Waals surface area contributed by atoms with E-state index in [1.165, 1.54) is 12.4 Å². The SMILES string of the molecule is CCCn1ncnc1CC(O)Cc1ccccc1F. The Morgan fingerprint density at radius 1 is 1.32 bits per heavy atom. The normalized spacial score (nSPS) is 12.6. The quantitative estimate of drug-likeness (QED) is 0.867. The van der Waals surface area contributed by atoms with Crippen LogP contribution in [0.2, 0.25) is 0 Å². The van der Waals surface area contributed by atoms with Crippen LogP contribution in [0, 0.1) is 5.82 Å². The highest BCUT2D eigenvalue weighted by Crippen LogP contribution is 2.11. The molecule has 5 heteroatoms. The van der Waals surface area contributed by atoms with Crippen molar-refractivity contribution in [3.05, 3.63) is 47.8 Å². The minimum atomic E-state index is -0.656. The minimum Gasteiger partial charge on any atom is -0.392 e. The highest BCUT2D eigenvalue weighted by Gasteiger charge is 2.13. The number of benzene rings is 1. The number of hydrogen-bond donors (Lipinski definition) is 1. The fourth-order valence-electron chi connectivity index (χ4n) is 2.05. The Balaban J connectivity index is 1.99. The second-order valence-electron chi connectivity index (χ2n) is 4.55. The first-order valence-corrected chi connectivity index (χ1v) is 6.49. The summed E-state index contributed by atoms with van der Waals surface area (Å²) >= 11 is 0. The predicted octanol–water partition coefficient (Wildman–Crippen LogP) is 1.97. The molecule has 0 aliphatic heterocycles. The standard InChI is InChI=1S/C14H18FN3O/c1-2-7-18-14(16-10-17-18)9-12(19)8-11-5-3-4-6-13(11)15/h3-6,10,12,19H,2,7-9H2,1H3. The van der Waals surface area contributed by atoms with Crippen molar-refractivity contribution in [2.24, 2.45) is 0 Å². The molecule has 102 valence electrons. The van der Waals surface area contributed by atoms with Crippen molar-refractivity contribution in [3.63, 3.8) is 0 Å². The fraction of sp³-hybridized carbons (Fsp3) is 0.429. The Kier molecular flexibility index (Phi) is 4.63. The summed E-state index contributed by atoms with van der Waals surface area (Å²) in [5, 5.41) is 14.1. The summed E-state index contributed by atoms with van der Waals surface area (Å²) in [6.07, 6.45) is 2.46. The molecule has 0 spiro atoms. The van der Waals surface area contributed by atoms with Crippen molar-refractivity contribution in [2.75, 3.05) is 0 Å². The van der Waals surface area contributed by atoms with E-state index < -0.39 is 6.10 Å². The number of aromatic nitrogens is 3. The van der Waals surface area contributed by atoms with Gasteiger partial charge < -0.3 is 5.11 Å². The number of aryl methyl sites for hydroxylation is 1. The Bertz CT molecular complexity index is 527. The maximum absolute atomic E-state index is 13.5. The molecule has 19 heavy (non-hydrogen) atoms. The summed E-state index contributed by atoms with van der Waals surface area (Å²) < 4.78 is 15.3. The zero-order valence-electron chi connectivity index (χ0n) is 11.0. The van der Waals surface area contributed by atoms with Crippen LogP contribution in [0.15, 0.2) is 30.6 Å². The predicted molar refractivity (Wildman–Crippen MR) is 70.1 cm³/mol. The van der Waals surface area contributed by atoms with Crippen LogP contribution in [0.1, 0.15) is 24.7 Å².